The van der Waals surface area contributed by atoms with E-state index >= 15 is 0 Å². The summed E-state index contributed by atoms with van der Waals surface area (Å²) in [5.41, 5.74) is 16.9. The van der Waals surface area contributed by atoms with E-state index in [1.807, 2.05) is 30.4 Å². The predicted molar refractivity (Wildman–Crippen MR) is 490 cm³/mol. The fourth-order valence-corrected chi connectivity index (χ4v) is 11.9. The zero-order chi connectivity index (χ0) is 105. The zero-order valence-electron chi connectivity index (χ0n) is 75.9. The number of ether oxygens (including phenoxy) is 5. The molecule has 0 spiro atoms. The maximum atomic E-state index is 13.7. The molecule has 40 nitrogen and oxygen atoms in total. The normalized spacial score (nSPS) is 11.0. The number of aliphatic hydroxyl groups is 1. The van der Waals surface area contributed by atoms with Crippen LogP contribution in [0.5, 0.6) is 28.7 Å². The number of amides is 1. The number of phenols is 2. The second kappa shape index (κ2) is 58.8. The van der Waals surface area contributed by atoms with Crippen molar-refractivity contribution in [3.63, 3.8) is 0 Å². The monoisotopic (exact) mass is 2130 g/mol. The topological polar surface area (TPSA) is 613 Å². The molecule has 0 unspecified atom stereocenters. The van der Waals surface area contributed by atoms with Gasteiger partial charge in [0.15, 0.2) is 93.1 Å². The number of aliphatic hydroxyl groups excluding tert-OH is 1. The zero-order valence-corrected chi connectivity index (χ0v) is 79.1. The molecule has 8 aromatic heterocycles. The van der Waals surface area contributed by atoms with Crippen molar-refractivity contribution in [2.75, 3.05) is 63.2 Å². The Balaban J connectivity index is 0.000000304. The second-order valence-electron chi connectivity index (χ2n) is 28.6. The van der Waals surface area contributed by atoms with E-state index in [2.05, 4.69) is 109 Å². The van der Waals surface area contributed by atoms with E-state index in [0.717, 1.165) is 70.4 Å². The molecule has 2 bridgehead atoms. The number of aromatic hydroxyl groups is 2. The first-order chi connectivity index (χ1) is 68.0. The number of nitrogen functional groups attached to an aromatic ring is 3. The third kappa shape index (κ3) is 37.0. The largest absolute Gasteiger partial charge is 1.00 e. The number of halogens is 16. The number of nitrogens with zero attached hydrogens (tertiary/aromatic N) is 16. The van der Waals surface area contributed by atoms with Gasteiger partial charge in [0.2, 0.25) is 0 Å². The van der Waals surface area contributed by atoms with Crippen molar-refractivity contribution in [1.29, 1.82) is 0 Å². The maximum absolute atomic E-state index is 13.7. The number of nitrogens with two attached hydrogens (primary N) is 3. The number of anilines is 4. The summed E-state index contributed by atoms with van der Waals surface area (Å²) in [6, 6.07) is 28.0. The molecule has 14 aromatic rings. The Labute approximate surface area is 842 Å². The third-order valence-electron chi connectivity index (χ3n) is 18.5. The van der Waals surface area contributed by atoms with Crippen molar-refractivity contribution in [2.45, 2.75) is 77.5 Å². The van der Waals surface area contributed by atoms with Gasteiger partial charge in [-0.25, -0.2) is 101 Å². The van der Waals surface area contributed by atoms with Crippen LogP contribution in [0.2, 0.25) is 0 Å². The number of phenolic OH excluding ortho intramolecular Hbond substituents is 1. The van der Waals surface area contributed by atoms with Crippen LogP contribution in [-0.4, -0.2) is 197 Å². The molecule has 0 radical (unpaired) electrons. The van der Waals surface area contributed by atoms with Gasteiger partial charge in [-0.3, -0.25) is 9.36 Å². The van der Waals surface area contributed by atoms with Gasteiger partial charge in [0, 0.05) is 69.2 Å². The number of fused-ring (bicyclic) bond motifs is 5. The van der Waals surface area contributed by atoms with Gasteiger partial charge in [-0.1, -0.05) is 24.3 Å². The number of carbonyl (C=O) groups is 6. The number of carboxylic acids is 3. The van der Waals surface area contributed by atoms with E-state index < -0.39 is 150 Å². The molecule has 6 aromatic carbocycles. The second-order valence-corrected chi connectivity index (χ2v) is 35.2. The van der Waals surface area contributed by atoms with Crippen molar-refractivity contribution in [2.24, 2.45) is 0 Å². The van der Waals surface area contributed by atoms with E-state index in [9.17, 15) is 90.4 Å². The van der Waals surface area contributed by atoms with Crippen LogP contribution >= 0.6 is 38.9 Å². The van der Waals surface area contributed by atoms with Gasteiger partial charge in [-0.15, -0.1) is 40.8 Å². The SMILES string of the molecule is COC(=O)c1cc(F)c(F)cc1O.COC(=O)c1cc(F)c(F)cc1OCCCCn1cnnc1-c1cccc(N)n1.Nc1cccc(-c2nncn2CCCCO)n1.Nc1cccc(-c2nncn2CCCCOc2cc(F)c(F)cc2C(=O)O)n1.O.O=C(O)c1cc(F)c(F)cc1F.O=C(O)c1cc(F)c(F)cc1O.O=C1Nc2cccc(n2)-c2nncn2CCCCOc2cc(F)c(F)cc21.O=P(Cl)(Cl)Cl.[Li+].[OH-]. The van der Waals surface area contributed by atoms with Crippen LogP contribution in [0.25, 0.3) is 46.1 Å². The first-order valence-electron chi connectivity index (χ1n) is 41.0. The molecule has 0 saturated heterocycles. The first-order valence-corrected chi connectivity index (χ1v) is 45.4. The Hall–Kier alpha value is -15.6. The van der Waals surface area contributed by atoms with E-state index in [-0.39, 0.29) is 96.5 Å². The minimum atomic E-state index is -3.22. The predicted octanol–water partition coefficient (Wildman–Crippen LogP) is 12.8. The number of unbranched alkanes of at least 4 members (excludes halogenated alkanes) is 3. The van der Waals surface area contributed by atoms with Crippen LogP contribution in [0.4, 0.5) is 80.3 Å². The molecule has 0 fully saturated rings. The van der Waals surface area contributed by atoms with Crippen molar-refractivity contribution in [3.8, 4) is 74.8 Å². The number of esters is 2. The number of carbonyl (C=O) groups excluding carboxylic acids is 3. The molecular weight excluding hydrogens is 2050 g/mol. The maximum Gasteiger partial charge on any atom is 1.00 e. The summed E-state index contributed by atoms with van der Waals surface area (Å²) in [5.74, 6) is -20.6. The Morgan fingerprint density at radius 1 is 0.438 bits per heavy atom. The Bertz CT molecular complexity index is 6780. The van der Waals surface area contributed by atoms with E-state index in [4.69, 9.17) is 62.1 Å². The summed E-state index contributed by atoms with van der Waals surface area (Å²) < 4.78 is 209. The smallest absolute Gasteiger partial charge is 0.870 e. The van der Waals surface area contributed by atoms with Gasteiger partial charge in [-0.05, 0) is 170 Å². The fraction of sp³-hybridized carbons (Fsp3) is 0.205. The molecule has 0 atom stereocenters. The van der Waals surface area contributed by atoms with E-state index in [0.29, 0.717) is 152 Å². The number of methoxy groups -OCH3 is 2. The van der Waals surface area contributed by atoms with Crippen LogP contribution in [0.15, 0.2) is 171 Å². The summed E-state index contributed by atoms with van der Waals surface area (Å²) in [6.45, 7) is 3.35. The van der Waals surface area contributed by atoms with Crippen molar-refractivity contribution in [1.82, 2.24) is 79.0 Å². The number of pyridine rings is 4. The molecule has 1 aliphatic heterocycles. The average Bonchev–Trinajstić information content (AvgIpc) is 1.18. The summed E-state index contributed by atoms with van der Waals surface area (Å²) >= 11 is 13.8. The van der Waals surface area contributed by atoms with Gasteiger partial charge in [0.05, 0.1) is 45.2 Å². The number of aryl methyl sites for hydroxylation is 4. The quantitative estimate of drug-likeness (QED) is 0.00671. The summed E-state index contributed by atoms with van der Waals surface area (Å²) in [7, 11) is 2.22. The molecule has 1 aliphatic rings. The molecule has 0 aliphatic carbocycles. The van der Waals surface area contributed by atoms with Crippen molar-refractivity contribution < 1.29 is 175 Å². The minimum Gasteiger partial charge on any atom is -0.870 e. The average molecular weight is 2130 g/mol. The summed E-state index contributed by atoms with van der Waals surface area (Å²) in [6.07, 6.45) is 11.9. The standard InChI is InChI=1S/C19H19F2N5O3.C18H17F2N5O3.C18H15F2N5O2.C11H15N5O.C8H6F2O3.C7H3F3O2.C7H4F2O3.Cl3OP.Li.2H2O/c1-28-19(27)12-9-13(20)14(21)10-16(12)29-8-3-2-7-26-11-23-25-18(26)15-5-4-6-17(22)24-15;19-12-8-11(18(26)27)15(9-13(12)20)28-7-2-1-6-25-10-22-24-17(25)14-4-3-5-16(21)23-14;19-12-8-11-15(9-13(12)20)27-7-2-1-6-25-10-21-24-17(25)14-4-3-5-16(22-14)23-18(11)26;12-10-5-3-4-9(14-10)11-15-13-8-16(11)6-1-2-7-17;1-13-8(12)4-2-5(9)6(10)3-7(4)11;8-4-2-6(10)5(9)1-3(4)7(11)12;8-4-1-3(7(11)12)6(10)2-5(4)9;1-5(2,3)4;;;/h4-6,9-11H,2-3,7-8H2,1H3,(H2,22,24);3-5,8-10H,1-2,6-7H2,(H2,21,23)(H,26,27);3-5,8-10H,1-2,6-7H2,(H,22,23,26);3-5,8,17H,1-2,6-7H2,(H2,12,14);2-3,11H,1H3;1-2H,(H,11,12);1-2,10H,(H,11,12);;;2*1H2/q;;;;;;;;+1;;/p-1. The fourth-order valence-electron chi connectivity index (χ4n) is 11.9. The number of rotatable bonds is 24. The Kier molecular flexibility index (Phi) is 48.7. The van der Waals surface area contributed by atoms with Crippen LogP contribution in [-0.2, 0) is 40.2 Å². The number of benzene rings is 6. The molecule has 58 heteroatoms. The number of carboxylic acid groups (broad SMARTS) is 3. The molecule has 772 valence electrons. The Morgan fingerprint density at radius 2 is 0.788 bits per heavy atom. The number of aromatic carboxylic acids is 3. The van der Waals surface area contributed by atoms with Crippen molar-refractivity contribution >= 4 is 97.9 Å². The number of hydrogen-bond acceptors (Lipinski definition) is 31. The summed E-state index contributed by atoms with van der Waals surface area (Å²) in [4.78, 5) is 83.7. The molecule has 1 amide bonds. The number of hydrogen-bond donors (Lipinski definition) is 10. The van der Waals surface area contributed by atoms with Gasteiger partial charge < -0.3 is 106 Å². The Morgan fingerprint density at radius 3 is 1.23 bits per heavy atom. The van der Waals surface area contributed by atoms with Crippen LogP contribution < -0.4 is 55.6 Å². The molecule has 16 N–H and O–H groups in total. The molecular formula is C88H82Cl3F13LiN20O20P. The molecule has 0 saturated carbocycles. The van der Waals surface area contributed by atoms with Crippen LogP contribution in [0, 0.1) is 75.6 Å². The van der Waals surface area contributed by atoms with E-state index in [1.54, 1.807) is 86.0 Å². The minimum absolute atomic E-state index is 0. The number of nitrogens with one attached hydrogen (secondary N) is 1. The van der Waals surface area contributed by atoms with Gasteiger partial charge in [0.25, 0.3) is 5.91 Å². The molecule has 9 heterocycles. The van der Waals surface area contributed by atoms with E-state index in [1.165, 1.54) is 0 Å². The number of aromatic nitrogens is 16. The third-order valence-corrected chi connectivity index (χ3v) is 18.5. The molecule has 15 rings (SSSR count). The van der Waals surface area contributed by atoms with Crippen LogP contribution in [0.1, 0.15) is 114 Å². The molecule has 146 heavy (non-hydrogen) atoms. The summed E-state index contributed by atoms with van der Waals surface area (Å²) in [5, 5.41) is 83.4. The van der Waals surface area contributed by atoms with Gasteiger partial charge in [-0.2, -0.15) is 0 Å². The van der Waals surface area contributed by atoms with Gasteiger partial charge in [0.1, 0.15) is 128 Å². The van der Waals surface area contributed by atoms with Crippen LogP contribution in [0.3, 0.4) is 0 Å². The first kappa shape index (κ1) is 121. The van der Waals surface area contributed by atoms with Crippen molar-refractivity contribution in [3.05, 3.63) is 280 Å². The van der Waals surface area contributed by atoms with Gasteiger partial charge >= 0.3 is 53.9 Å².